The zero-order chi connectivity index (χ0) is 27.2. The Morgan fingerprint density at radius 2 is 1.78 bits per heavy atom. The molecule has 1 N–H and O–H groups in total. The van der Waals surface area contributed by atoms with Crippen LogP contribution < -0.4 is 15.0 Å². The van der Waals surface area contributed by atoms with Crippen molar-refractivity contribution in [2.75, 3.05) is 4.90 Å². The average molecular weight is 551 g/mol. The van der Waals surface area contributed by atoms with Gasteiger partial charge in [-0.25, -0.2) is 23.1 Å². The lowest BCUT2D eigenvalue weighted by molar-refractivity contribution is -0.274. The molecule has 14 heteroatoms. The maximum atomic E-state index is 14.2. The normalized spacial score (nSPS) is 24.7. The Balaban J connectivity index is 1.73. The van der Waals surface area contributed by atoms with E-state index in [4.69, 9.17) is 11.6 Å². The van der Waals surface area contributed by atoms with Gasteiger partial charge in [-0.2, -0.15) is 0 Å². The molecule has 0 radical (unpaired) electrons. The van der Waals surface area contributed by atoms with E-state index in [0.29, 0.717) is 4.90 Å². The maximum absolute atomic E-state index is 14.2. The highest BCUT2D eigenvalue weighted by molar-refractivity contribution is 6.32. The summed E-state index contributed by atoms with van der Waals surface area (Å²) in [6.07, 6.45) is -1.59. The van der Waals surface area contributed by atoms with E-state index in [-0.39, 0.29) is 24.1 Å². The lowest BCUT2D eigenvalue weighted by Crippen LogP contribution is -2.60. The van der Waals surface area contributed by atoms with Crippen LogP contribution in [0.2, 0.25) is 0 Å². The van der Waals surface area contributed by atoms with Gasteiger partial charge in [-0.1, -0.05) is 11.6 Å². The highest BCUT2D eigenvalue weighted by atomic mass is 35.5. The average Bonchev–Trinajstić information content (AvgIpc) is 3.35. The predicted molar refractivity (Wildman–Crippen MR) is 118 cm³/mol. The fraction of sp³-hybridized carbons (Fsp3) is 0.478. The van der Waals surface area contributed by atoms with Crippen molar-refractivity contribution in [3.05, 3.63) is 48.5 Å². The Morgan fingerprint density at radius 3 is 2.27 bits per heavy atom. The molecule has 2 saturated carbocycles. The summed E-state index contributed by atoms with van der Waals surface area (Å²) in [6, 6.07) is 3.17. The predicted octanol–water partition coefficient (Wildman–Crippen LogP) is 4.71. The van der Waals surface area contributed by atoms with E-state index in [0.717, 1.165) is 30.6 Å². The SMILES string of the molecule is C[C@@](C(=O)N[C@@H]1CC2CC1CC2(F)F)(c1cncnc1)N(C(=O)[C@H](F)Cl)c1ccc(OC(F)(F)F)cc1. The molecular weight excluding hydrogens is 530 g/mol. The maximum Gasteiger partial charge on any atom is 0.573 e. The third-order valence-corrected chi connectivity index (χ3v) is 7.08. The molecule has 7 nitrogen and oxygen atoms in total. The van der Waals surface area contributed by atoms with E-state index < -0.39 is 65.3 Å². The number of anilines is 1. The van der Waals surface area contributed by atoms with E-state index in [1.165, 1.54) is 19.3 Å². The van der Waals surface area contributed by atoms with Crippen LogP contribution in [0.25, 0.3) is 0 Å². The van der Waals surface area contributed by atoms with E-state index >= 15 is 0 Å². The third kappa shape index (κ3) is 5.32. The lowest BCUT2D eigenvalue weighted by Gasteiger charge is -2.41. The van der Waals surface area contributed by atoms with Gasteiger partial charge in [-0.05, 0) is 49.9 Å². The number of nitrogens with one attached hydrogen (secondary N) is 1. The molecule has 2 aliphatic carbocycles. The van der Waals surface area contributed by atoms with Crippen molar-refractivity contribution in [2.24, 2.45) is 11.8 Å². The number of aromatic nitrogens is 2. The van der Waals surface area contributed by atoms with Gasteiger partial charge < -0.3 is 10.1 Å². The first-order chi connectivity index (χ1) is 17.2. The molecule has 0 aliphatic heterocycles. The van der Waals surface area contributed by atoms with Crippen LogP contribution in [0.4, 0.5) is 32.0 Å². The number of amides is 2. The summed E-state index contributed by atoms with van der Waals surface area (Å²) in [5, 5.41) is 2.71. The minimum absolute atomic E-state index is 0.0160. The second kappa shape index (κ2) is 9.66. The van der Waals surface area contributed by atoms with Crippen molar-refractivity contribution in [2.45, 2.75) is 55.7 Å². The molecule has 2 bridgehead atoms. The molecule has 0 spiro atoms. The molecule has 200 valence electrons. The number of alkyl halides is 7. The van der Waals surface area contributed by atoms with Gasteiger partial charge in [0.05, 0.1) is 0 Å². The minimum atomic E-state index is -4.98. The van der Waals surface area contributed by atoms with Crippen LogP contribution in [0, 0.1) is 11.8 Å². The number of halogens is 7. The van der Waals surface area contributed by atoms with E-state index in [1.54, 1.807) is 0 Å². The quantitative estimate of drug-likeness (QED) is 0.399. The highest BCUT2D eigenvalue weighted by Crippen LogP contribution is 2.53. The fourth-order valence-corrected chi connectivity index (χ4v) is 5.21. The number of fused-ring (bicyclic) bond motifs is 2. The molecular formula is C23H21ClF6N4O3. The molecule has 2 aliphatic rings. The number of hydrogen-bond acceptors (Lipinski definition) is 5. The highest BCUT2D eigenvalue weighted by Gasteiger charge is 2.58. The molecule has 4 rings (SSSR count). The van der Waals surface area contributed by atoms with E-state index in [1.807, 2.05) is 0 Å². The summed E-state index contributed by atoms with van der Waals surface area (Å²) in [5.41, 5.74) is -4.89. The van der Waals surface area contributed by atoms with Gasteiger partial charge in [-0.3, -0.25) is 14.5 Å². The molecule has 2 unspecified atom stereocenters. The topological polar surface area (TPSA) is 84.4 Å². The summed E-state index contributed by atoms with van der Waals surface area (Å²) in [4.78, 5) is 35.2. The second-order valence-corrected chi connectivity index (χ2v) is 9.57. The van der Waals surface area contributed by atoms with E-state index in [9.17, 15) is 35.9 Å². The molecule has 2 amide bonds. The fourth-order valence-electron chi connectivity index (χ4n) is 5.11. The number of carbonyl (C=O) groups is 2. The zero-order valence-electron chi connectivity index (χ0n) is 19.2. The number of nitrogens with zero attached hydrogens (tertiary/aromatic N) is 3. The summed E-state index contributed by atoms with van der Waals surface area (Å²) in [6.45, 7) is 1.25. The Morgan fingerprint density at radius 1 is 1.16 bits per heavy atom. The lowest BCUT2D eigenvalue weighted by atomic mass is 9.87. The van der Waals surface area contributed by atoms with Crippen molar-refractivity contribution < 1.29 is 40.7 Å². The van der Waals surface area contributed by atoms with Crippen LogP contribution >= 0.6 is 11.6 Å². The number of benzene rings is 1. The van der Waals surface area contributed by atoms with Crippen molar-refractivity contribution in [3.8, 4) is 5.75 Å². The first-order valence-corrected chi connectivity index (χ1v) is 11.6. The second-order valence-electron chi connectivity index (χ2n) is 9.19. The van der Waals surface area contributed by atoms with Gasteiger partial charge in [0, 0.05) is 42.0 Å². The largest absolute Gasteiger partial charge is 0.573 e. The van der Waals surface area contributed by atoms with Crippen molar-refractivity contribution in [1.82, 2.24) is 15.3 Å². The summed E-state index contributed by atoms with van der Waals surface area (Å²) in [5.74, 6) is -7.10. The number of ether oxygens (including phenoxy) is 1. The Bertz CT molecular complexity index is 1150. The molecule has 1 heterocycles. The Kier molecular flexibility index (Phi) is 7.04. The summed E-state index contributed by atoms with van der Waals surface area (Å²) < 4.78 is 83.8. The first kappa shape index (κ1) is 27.0. The molecule has 5 atom stereocenters. The van der Waals surface area contributed by atoms with Crippen LogP contribution in [0.5, 0.6) is 5.75 Å². The number of hydrogen-bond donors (Lipinski definition) is 1. The molecule has 1 aromatic carbocycles. The van der Waals surface area contributed by atoms with Gasteiger partial charge in [0.25, 0.3) is 23.4 Å². The van der Waals surface area contributed by atoms with Gasteiger partial charge in [0.1, 0.15) is 12.1 Å². The third-order valence-electron chi connectivity index (χ3n) is 6.89. The number of carbonyl (C=O) groups excluding carboxylic acids is 2. The van der Waals surface area contributed by atoms with Crippen LogP contribution in [0.3, 0.4) is 0 Å². The van der Waals surface area contributed by atoms with Crippen molar-refractivity contribution in [1.29, 1.82) is 0 Å². The standard InChI is InChI=1S/C23H21ClF6N4O3/c1-21(14-9-31-11-32-10-14,20(36)33-17-7-13-6-12(17)8-22(13,26)27)34(19(35)18(24)25)15-2-4-16(5-3-15)37-23(28,29)30/h2-5,9-13,17-18H,6-8H2,1H3,(H,33,36)/t12?,13?,17-,18+,21+/m1/s1. The van der Waals surface area contributed by atoms with Crippen LogP contribution in [0.1, 0.15) is 31.7 Å². The minimum Gasteiger partial charge on any atom is -0.406 e. The Hall–Kier alpha value is -3.09. The summed E-state index contributed by atoms with van der Waals surface area (Å²) in [7, 11) is 0. The number of rotatable bonds is 7. The molecule has 37 heavy (non-hydrogen) atoms. The summed E-state index contributed by atoms with van der Waals surface area (Å²) >= 11 is 5.46. The smallest absolute Gasteiger partial charge is 0.406 e. The van der Waals surface area contributed by atoms with Crippen molar-refractivity contribution >= 4 is 29.1 Å². The molecule has 2 fully saturated rings. The first-order valence-electron chi connectivity index (χ1n) is 11.1. The zero-order valence-corrected chi connectivity index (χ0v) is 19.9. The molecule has 0 saturated heterocycles. The molecule has 2 aromatic rings. The van der Waals surface area contributed by atoms with E-state index in [2.05, 4.69) is 20.0 Å². The monoisotopic (exact) mass is 550 g/mol. The van der Waals surface area contributed by atoms with Crippen LogP contribution in [-0.2, 0) is 15.1 Å². The van der Waals surface area contributed by atoms with Crippen LogP contribution in [-0.4, -0.2) is 45.7 Å². The van der Waals surface area contributed by atoms with Crippen LogP contribution in [0.15, 0.2) is 43.0 Å². The van der Waals surface area contributed by atoms with Gasteiger partial charge in [0.15, 0.2) is 5.54 Å². The molecule has 1 aromatic heterocycles. The van der Waals surface area contributed by atoms with Gasteiger partial charge in [-0.15, -0.1) is 13.2 Å². The Labute approximate surface area is 212 Å². The van der Waals surface area contributed by atoms with Crippen molar-refractivity contribution in [3.63, 3.8) is 0 Å². The van der Waals surface area contributed by atoms with Gasteiger partial charge >= 0.3 is 6.36 Å². The van der Waals surface area contributed by atoms with Gasteiger partial charge in [0.2, 0.25) is 0 Å².